The summed E-state index contributed by atoms with van der Waals surface area (Å²) in [5, 5.41) is 2.81. The number of hydrogen-bond donors (Lipinski definition) is 0. The van der Waals surface area contributed by atoms with Crippen molar-refractivity contribution in [3.63, 3.8) is 0 Å². The van der Waals surface area contributed by atoms with Gasteiger partial charge in [-0.15, -0.1) is 11.3 Å². The van der Waals surface area contributed by atoms with Crippen molar-refractivity contribution < 1.29 is 4.79 Å². The van der Waals surface area contributed by atoms with E-state index in [1.54, 1.807) is 6.33 Å². The molecule has 1 saturated heterocycles. The van der Waals surface area contributed by atoms with E-state index in [-0.39, 0.29) is 5.91 Å². The first-order valence-electron chi connectivity index (χ1n) is 8.90. The summed E-state index contributed by atoms with van der Waals surface area (Å²) in [4.78, 5) is 30.1. The van der Waals surface area contributed by atoms with Crippen LogP contribution in [-0.4, -0.2) is 50.9 Å². The van der Waals surface area contributed by atoms with E-state index in [1.165, 1.54) is 24.2 Å². The van der Waals surface area contributed by atoms with Gasteiger partial charge in [0.2, 0.25) is 0 Å². The number of amides is 1. The third kappa shape index (κ3) is 3.51. The van der Waals surface area contributed by atoms with Gasteiger partial charge in [-0.05, 0) is 39.5 Å². The quantitative estimate of drug-likeness (QED) is 0.842. The van der Waals surface area contributed by atoms with Crippen molar-refractivity contribution in [2.24, 2.45) is 0 Å². The number of carbonyl (C=O) groups excluding carboxylic acids is 1. The Kier molecular flexibility index (Phi) is 4.41. The summed E-state index contributed by atoms with van der Waals surface area (Å²) in [5.74, 6) is 1.11. The molecular formula is C18H23N5OS. The van der Waals surface area contributed by atoms with Gasteiger partial charge < -0.3 is 9.80 Å². The van der Waals surface area contributed by atoms with Crippen LogP contribution in [0.2, 0.25) is 0 Å². The van der Waals surface area contributed by atoms with Crippen molar-refractivity contribution in [3.8, 4) is 0 Å². The van der Waals surface area contributed by atoms with Crippen LogP contribution in [0.4, 0.5) is 5.82 Å². The fourth-order valence-electron chi connectivity index (χ4n) is 3.58. The van der Waals surface area contributed by atoms with Crippen LogP contribution in [-0.2, 0) is 0 Å². The summed E-state index contributed by atoms with van der Waals surface area (Å²) in [5.41, 5.74) is 1.59. The van der Waals surface area contributed by atoms with Crippen LogP contribution in [0, 0.1) is 13.8 Å². The lowest BCUT2D eigenvalue weighted by Crippen LogP contribution is -2.48. The van der Waals surface area contributed by atoms with Gasteiger partial charge in [-0.2, -0.15) is 0 Å². The van der Waals surface area contributed by atoms with E-state index in [4.69, 9.17) is 0 Å². The van der Waals surface area contributed by atoms with Crippen LogP contribution in [0.15, 0.2) is 17.8 Å². The minimum Gasteiger partial charge on any atom is -0.350 e. The topological polar surface area (TPSA) is 62.2 Å². The molecule has 3 heterocycles. The lowest BCUT2D eigenvalue weighted by atomic mass is 10.0. The molecule has 4 rings (SSSR count). The minimum atomic E-state index is 0.0682. The lowest BCUT2D eigenvalue weighted by molar-refractivity contribution is 0.0706. The molecule has 0 radical (unpaired) electrons. The van der Waals surface area contributed by atoms with Gasteiger partial charge >= 0.3 is 0 Å². The summed E-state index contributed by atoms with van der Waals surface area (Å²) in [6.07, 6.45) is 6.09. The Hall–Kier alpha value is -2.02. The number of nitrogens with zero attached hydrogens (tertiary/aromatic N) is 5. The van der Waals surface area contributed by atoms with Gasteiger partial charge in [0.25, 0.3) is 5.91 Å². The van der Waals surface area contributed by atoms with E-state index in [9.17, 15) is 4.79 Å². The third-order valence-corrected chi connectivity index (χ3v) is 5.75. The molecule has 2 aromatic rings. The highest BCUT2D eigenvalue weighted by molar-refractivity contribution is 7.09. The maximum absolute atomic E-state index is 12.6. The molecule has 2 aliphatic rings. The molecule has 2 aromatic heterocycles. The van der Waals surface area contributed by atoms with E-state index >= 15 is 0 Å². The second-order valence-corrected chi connectivity index (χ2v) is 7.99. The largest absolute Gasteiger partial charge is 0.350 e. The molecule has 0 atom stereocenters. The average molecular weight is 357 g/mol. The molecule has 1 saturated carbocycles. The van der Waals surface area contributed by atoms with Gasteiger partial charge in [0.15, 0.2) is 0 Å². The Balaban J connectivity index is 1.44. The Morgan fingerprint density at radius 3 is 2.48 bits per heavy atom. The number of aryl methyl sites for hydroxylation is 2. The minimum absolute atomic E-state index is 0.0682. The predicted octanol–water partition coefficient (Wildman–Crippen LogP) is 2.82. The smallest absolute Gasteiger partial charge is 0.273 e. The first-order chi connectivity index (χ1) is 12.1. The molecular weight excluding hydrogens is 334 g/mol. The fourth-order valence-corrected chi connectivity index (χ4v) is 4.16. The van der Waals surface area contributed by atoms with Gasteiger partial charge in [-0.25, -0.2) is 15.0 Å². The highest BCUT2D eigenvalue weighted by Crippen LogP contribution is 2.35. The summed E-state index contributed by atoms with van der Waals surface area (Å²) < 4.78 is 0. The van der Waals surface area contributed by atoms with E-state index < -0.39 is 0 Å². The van der Waals surface area contributed by atoms with Crippen LogP contribution in [0.25, 0.3) is 0 Å². The molecule has 0 bridgehead atoms. The maximum Gasteiger partial charge on any atom is 0.273 e. The van der Waals surface area contributed by atoms with Crippen molar-refractivity contribution in [1.29, 1.82) is 0 Å². The highest BCUT2D eigenvalue weighted by atomic mass is 32.1. The molecule has 0 spiro atoms. The molecule has 0 aromatic carbocycles. The molecule has 25 heavy (non-hydrogen) atoms. The van der Waals surface area contributed by atoms with E-state index in [0.29, 0.717) is 17.8 Å². The van der Waals surface area contributed by atoms with Crippen LogP contribution >= 0.6 is 11.3 Å². The first-order valence-corrected chi connectivity index (χ1v) is 9.78. The second kappa shape index (κ2) is 6.71. The Bertz CT molecular complexity index is 764. The van der Waals surface area contributed by atoms with Crippen LogP contribution in [0.5, 0.6) is 0 Å². The molecule has 1 amide bonds. The average Bonchev–Trinajstić information content (AvgIpc) is 3.35. The van der Waals surface area contributed by atoms with Crippen LogP contribution in [0.1, 0.15) is 46.9 Å². The van der Waals surface area contributed by atoms with Crippen LogP contribution in [0.3, 0.4) is 0 Å². The fraction of sp³-hybridized carbons (Fsp3) is 0.556. The number of carbonyl (C=O) groups is 1. The highest BCUT2D eigenvalue weighted by Gasteiger charge is 2.37. The summed E-state index contributed by atoms with van der Waals surface area (Å²) >= 11 is 1.53. The van der Waals surface area contributed by atoms with Gasteiger partial charge in [-0.3, -0.25) is 4.79 Å². The zero-order valence-electron chi connectivity index (χ0n) is 14.7. The molecule has 132 valence electrons. The molecule has 1 aliphatic carbocycles. The summed E-state index contributed by atoms with van der Waals surface area (Å²) in [7, 11) is 0. The number of likely N-dealkylation sites (tertiary alicyclic amines) is 1. The number of thiazole rings is 1. The number of rotatable bonds is 4. The van der Waals surface area contributed by atoms with Gasteiger partial charge in [0.1, 0.15) is 17.8 Å². The number of aromatic nitrogens is 3. The summed E-state index contributed by atoms with van der Waals surface area (Å²) in [6, 6.07) is 3.12. The van der Waals surface area contributed by atoms with Crippen molar-refractivity contribution in [2.45, 2.75) is 51.6 Å². The first kappa shape index (κ1) is 16.4. The Morgan fingerprint density at radius 2 is 1.88 bits per heavy atom. The molecule has 0 unspecified atom stereocenters. The standard InChI is InChI=1S/C18H23N5OS/c1-12-9-17(20-11-19-12)23(14-3-4-14)15-5-7-22(8-6-15)18(24)16-10-25-13(2)21-16/h9-11,14-15H,3-8H2,1-2H3. The number of piperidine rings is 1. The van der Waals surface area contributed by atoms with E-state index in [1.807, 2.05) is 24.1 Å². The predicted molar refractivity (Wildman–Crippen MR) is 98.0 cm³/mol. The lowest BCUT2D eigenvalue weighted by Gasteiger charge is -2.39. The van der Waals surface area contributed by atoms with E-state index in [2.05, 4.69) is 25.9 Å². The Morgan fingerprint density at radius 1 is 1.16 bits per heavy atom. The van der Waals surface area contributed by atoms with Crippen molar-refractivity contribution in [1.82, 2.24) is 19.9 Å². The molecule has 1 aliphatic heterocycles. The Labute approximate surface area is 151 Å². The molecule has 7 heteroatoms. The van der Waals surface area contributed by atoms with Crippen molar-refractivity contribution in [3.05, 3.63) is 34.2 Å². The van der Waals surface area contributed by atoms with Gasteiger partial charge in [0, 0.05) is 42.3 Å². The second-order valence-electron chi connectivity index (χ2n) is 6.93. The molecule has 2 fully saturated rings. The van der Waals surface area contributed by atoms with Crippen molar-refractivity contribution in [2.75, 3.05) is 18.0 Å². The van der Waals surface area contributed by atoms with Crippen molar-refractivity contribution >= 4 is 23.1 Å². The third-order valence-electron chi connectivity index (χ3n) is 4.98. The monoisotopic (exact) mass is 357 g/mol. The van der Waals surface area contributed by atoms with Gasteiger partial charge in [0.05, 0.1) is 5.01 Å². The van der Waals surface area contributed by atoms with Crippen LogP contribution < -0.4 is 4.90 Å². The molecule has 6 nitrogen and oxygen atoms in total. The van der Waals surface area contributed by atoms with Gasteiger partial charge in [-0.1, -0.05) is 0 Å². The zero-order chi connectivity index (χ0) is 17.4. The molecule has 0 N–H and O–H groups in total. The maximum atomic E-state index is 12.6. The zero-order valence-corrected chi connectivity index (χ0v) is 15.5. The van der Waals surface area contributed by atoms with E-state index in [0.717, 1.165) is 42.5 Å². The SMILES string of the molecule is Cc1cc(N(C2CC2)C2CCN(C(=O)c3csc(C)n3)CC2)ncn1. The number of anilines is 1. The normalized spacial score (nSPS) is 18.4. The summed E-state index contributed by atoms with van der Waals surface area (Å²) in [6.45, 7) is 5.51. The number of hydrogen-bond acceptors (Lipinski definition) is 6.